The summed E-state index contributed by atoms with van der Waals surface area (Å²) in [7, 11) is 0. The molecule has 1 saturated heterocycles. The number of rotatable bonds is 1. The number of halogens is 1. The Morgan fingerprint density at radius 3 is 2.61 bits per heavy atom. The lowest BCUT2D eigenvalue weighted by Gasteiger charge is -2.39. The summed E-state index contributed by atoms with van der Waals surface area (Å²) in [4.78, 5) is 16.9. The standard InChI is InChI=1S/C27H30ClN5O3/c1-26(2,3)36-25(34)32-15-19-14-20(28)8-9-22(19)33-23(16-32)29-30-24(33)31-12-10-27(11-13-31)21-7-5-4-6-18(21)17-35-27/h4-9,14H,10-13,15-17H2,1-3H3. The van der Waals surface area contributed by atoms with E-state index >= 15 is 0 Å². The van der Waals surface area contributed by atoms with Crippen LogP contribution in [0.15, 0.2) is 42.5 Å². The van der Waals surface area contributed by atoms with Gasteiger partial charge in [0.2, 0.25) is 5.95 Å². The number of hydrogen-bond acceptors (Lipinski definition) is 6. The van der Waals surface area contributed by atoms with Crippen LogP contribution in [0, 0.1) is 0 Å². The first-order valence-corrected chi connectivity index (χ1v) is 12.8. The smallest absolute Gasteiger partial charge is 0.411 e. The third-order valence-electron chi connectivity index (χ3n) is 7.21. The van der Waals surface area contributed by atoms with E-state index < -0.39 is 5.60 Å². The number of ether oxygens (including phenoxy) is 2. The van der Waals surface area contributed by atoms with Gasteiger partial charge in [0.05, 0.1) is 31.0 Å². The van der Waals surface area contributed by atoms with Crippen molar-refractivity contribution in [3.8, 4) is 5.69 Å². The Morgan fingerprint density at radius 2 is 1.83 bits per heavy atom. The van der Waals surface area contributed by atoms with Gasteiger partial charge in [0.25, 0.3) is 0 Å². The second-order valence-corrected chi connectivity index (χ2v) is 11.2. The fourth-order valence-electron chi connectivity index (χ4n) is 5.51. The maximum absolute atomic E-state index is 13.0. The Balaban J connectivity index is 1.32. The summed E-state index contributed by atoms with van der Waals surface area (Å²) in [5.41, 5.74) is 3.64. The predicted molar refractivity (Wildman–Crippen MR) is 136 cm³/mol. The van der Waals surface area contributed by atoms with E-state index in [1.165, 1.54) is 11.1 Å². The maximum Gasteiger partial charge on any atom is 0.411 e. The largest absolute Gasteiger partial charge is 0.444 e. The molecule has 1 fully saturated rings. The fourth-order valence-corrected chi connectivity index (χ4v) is 5.71. The Morgan fingerprint density at radius 1 is 1.06 bits per heavy atom. The summed E-state index contributed by atoms with van der Waals surface area (Å²) in [5.74, 6) is 1.47. The zero-order valence-corrected chi connectivity index (χ0v) is 21.6. The molecule has 0 radical (unpaired) electrons. The first-order chi connectivity index (χ1) is 17.2. The van der Waals surface area contributed by atoms with Crippen molar-refractivity contribution >= 4 is 23.6 Å². The molecule has 188 valence electrons. The van der Waals surface area contributed by atoms with Crippen LogP contribution >= 0.6 is 11.6 Å². The highest BCUT2D eigenvalue weighted by Gasteiger charge is 2.43. The van der Waals surface area contributed by atoms with E-state index in [4.69, 9.17) is 21.1 Å². The molecule has 6 rings (SSSR count). The van der Waals surface area contributed by atoms with Crippen LogP contribution in [0.2, 0.25) is 5.02 Å². The van der Waals surface area contributed by atoms with Crippen molar-refractivity contribution in [2.75, 3.05) is 18.0 Å². The minimum absolute atomic E-state index is 0.228. The number of carbonyl (C=O) groups excluding carboxylic acids is 1. The summed E-state index contributed by atoms with van der Waals surface area (Å²) >= 11 is 6.36. The maximum atomic E-state index is 13.0. The monoisotopic (exact) mass is 507 g/mol. The number of nitrogens with zero attached hydrogens (tertiary/aromatic N) is 5. The SMILES string of the molecule is CC(C)(C)OC(=O)N1Cc2cc(Cl)ccc2-n2c(nnc2N2CCC3(CC2)OCc2ccccc23)C1. The minimum atomic E-state index is -0.593. The molecule has 4 heterocycles. The third-order valence-corrected chi connectivity index (χ3v) is 7.44. The molecule has 2 aromatic carbocycles. The number of anilines is 1. The highest BCUT2D eigenvalue weighted by Crippen LogP contribution is 2.45. The molecule has 0 N–H and O–H groups in total. The Kier molecular flexibility index (Phi) is 5.50. The molecule has 8 nitrogen and oxygen atoms in total. The van der Waals surface area contributed by atoms with E-state index in [2.05, 4.69) is 43.9 Å². The second kappa shape index (κ2) is 8.49. The van der Waals surface area contributed by atoms with Crippen LogP contribution < -0.4 is 4.90 Å². The number of benzene rings is 2. The molecule has 1 spiro atoms. The lowest BCUT2D eigenvalue weighted by Crippen LogP contribution is -2.43. The van der Waals surface area contributed by atoms with Crippen LogP contribution in [-0.2, 0) is 34.8 Å². The van der Waals surface area contributed by atoms with Gasteiger partial charge in [-0.05, 0) is 68.5 Å². The summed E-state index contributed by atoms with van der Waals surface area (Å²) in [6, 6.07) is 14.3. The number of hydrogen-bond donors (Lipinski definition) is 0. The number of amides is 1. The zero-order chi connectivity index (χ0) is 25.1. The summed E-state index contributed by atoms with van der Waals surface area (Å²) in [6.45, 7) is 8.53. The van der Waals surface area contributed by atoms with Gasteiger partial charge >= 0.3 is 6.09 Å². The third kappa shape index (κ3) is 4.02. The number of carbonyl (C=O) groups is 1. The molecule has 1 amide bonds. The fraction of sp³-hybridized carbons (Fsp3) is 0.444. The van der Waals surface area contributed by atoms with Gasteiger partial charge in [-0.15, -0.1) is 10.2 Å². The Bertz CT molecular complexity index is 1320. The van der Waals surface area contributed by atoms with Crippen molar-refractivity contribution in [3.63, 3.8) is 0 Å². The van der Waals surface area contributed by atoms with E-state index in [-0.39, 0.29) is 11.7 Å². The average Bonchev–Trinajstić information content (AvgIpc) is 3.36. The zero-order valence-electron chi connectivity index (χ0n) is 20.8. The normalized spacial score (nSPS) is 18.4. The van der Waals surface area contributed by atoms with E-state index in [1.807, 2.05) is 39.0 Å². The number of fused-ring (bicyclic) bond motifs is 5. The van der Waals surface area contributed by atoms with Crippen LogP contribution in [0.1, 0.15) is 56.1 Å². The lowest BCUT2D eigenvalue weighted by molar-refractivity contribution is -0.0553. The first kappa shape index (κ1) is 23.3. The molecule has 1 aromatic heterocycles. The molecular weight excluding hydrogens is 478 g/mol. The van der Waals surface area contributed by atoms with Gasteiger partial charge in [0.1, 0.15) is 5.60 Å². The van der Waals surface area contributed by atoms with Crippen molar-refractivity contribution in [2.24, 2.45) is 0 Å². The van der Waals surface area contributed by atoms with Crippen LogP contribution in [-0.4, -0.2) is 44.4 Å². The molecule has 0 saturated carbocycles. The van der Waals surface area contributed by atoms with Gasteiger partial charge in [-0.1, -0.05) is 35.9 Å². The average molecular weight is 508 g/mol. The molecule has 3 aliphatic rings. The topological polar surface area (TPSA) is 72.7 Å². The molecule has 9 heteroatoms. The molecule has 0 unspecified atom stereocenters. The van der Waals surface area contributed by atoms with E-state index in [0.717, 1.165) is 43.1 Å². The molecule has 36 heavy (non-hydrogen) atoms. The van der Waals surface area contributed by atoms with E-state index in [1.54, 1.807) is 4.90 Å². The highest BCUT2D eigenvalue weighted by molar-refractivity contribution is 6.30. The highest BCUT2D eigenvalue weighted by atomic mass is 35.5. The van der Waals surface area contributed by atoms with Crippen LogP contribution in [0.25, 0.3) is 5.69 Å². The first-order valence-electron chi connectivity index (χ1n) is 12.4. The van der Waals surface area contributed by atoms with Crippen molar-refractivity contribution < 1.29 is 14.3 Å². The van der Waals surface area contributed by atoms with Crippen molar-refractivity contribution in [2.45, 2.75) is 64.5 Å². The molecule has 0 bridgehead atoms. The van der Waals surface area contributed by atoms with Gasteiger partial charge in [-0.3, -0.25) is 9.47 Å². The van der Waals surface area contributed by atoms with Gasteiger partial charge in [-0.25, -0.2) is 4.79 Å². The van der Waals surface area contributed by atoms with Gasteiger partial charge < -0.3 is 14.4 Å². The van der Waals surface area contributed by atoms with Crippen molar-refractivity contribution in [1.82, 2.24) is 19.7 Å². The quantitative estimate of drug-likeness (QED) is 0.451. The molecule has 0 atom stereocenters. The molecular formula is C27H30ClN5O3. The van der Waals surface area contributed by atoms with Crippen LogP contribution in [0.3, 0.4) is 0 Å². The summed E-state index contributed by atoms with van der Waals surface area (Å²) in [6.07, 6.45) is 1.37. The van der Waals surface area contributed by atoms with Crippen molar-refractivity contribution in [3.05, 3.63) is 70.0 Å². The van der Waals surface area contributed by atoms with Gasteiger partial charge in [0, 0.05) is 18.1 Å². The van der Waals surface area contributed by atoms with Gasteiger partial charge in [-0.2, -0.15) is 0 Å². The van der Waals surface area contributed by atoms with E-state index in [9.17, 15) is 4.79 Å². The molecule has 3 aliphatic heterocycles. The summed E-state index contributed by atoms with van der Waals surface area (Å²) in [5, 5.41) is 9.74. The Hall–Kier alpha value is -3.10. The molecule has 3 aromatic rings. The minimum Gasteiger partial charge on any atom is -0.444 e. The lowest BCUT2D eigenvalue weighted by atomic mass is 9.84. The van der Waals surface area contributed by atoms with Gasteiger partial charge in [0.15, 0.2) is 5.82 Å². The number of piperidine rings is 1. The Labute approximate surface area is 215 Å². The van der Waals surface area contributed by atoms with Crippen molar-refractivity contribution in [1.29, 1.82) is 0 Å². The predicted octanol–water partition coefficient (Wildman–Crippen LogP) is 5.20. The second-order valence-electron chi connectivity index (χ2n) is 10.8. The number of aromatic nitrogens is 3. The van der Waals surface area contributed by atoms with E-state index in [0.29, 0.717) is 30.5 Å². The van der Waals surface area contributed by atoms with Crippen LogP contribution in [0.4, 0.5) is 10.7 Å². The molecule has 0 aliphatic carbocycles. The van der Waals surface area contributed by atoms with Crippen LogP contribution in [0.5, 0.6) is 0 Å². The summed E-state index contributed by atoms with van der Waals surface area (Å²) < 4.78 is 14.1.